The van der Waals surface area contributed by atoms with Crippen molar-refractivity contribution < 1.29 is 39.2 Å². The van der Waals surface area contributed by atoms with E-state index >= 15 is 0 Å². The molecule has 4 aliphatic rings. The molecule has 8 atom stereocenters. The normalized spacial score (nSPS) is 36.7. The predicted molar refractivity (Wildman–Crippen MR) is 166 cm³/mol. The predicted octanol–water partition coefficient (Wildman–Crippen LogP) is 4.84. The number of carbonyl (C=O) groups excluding carboxylic acids is 2. The topological polar surface area (TPSA) is 154 Å². The summed E-state index contributed by atoms with van der Waals surface area (Å²) in [5.74, 6) is -3.59. The van der Waals surface area contributed by atoms with Crippen molar-refractivity contribution in [3.05, 3.63) is 69.8 Å². The van der Waals surface area contributed by atoms with Crippen molar-refractivity contribution in [3.8, 4) is 11.5 Å². The van der Waals surface area contributed by atoms with Crippen LogP contribution in [-0.2, 0) is 19.7 Å². The zero-order valence-corrected chi connectivity index (χ0v) is 26.3. The van der Waals surface area contributed by atoms with Gasteiger partial charge in [0.15, 0.2) is 17.0 Å². The van der Waals surface area contributed by atoms with Crippen molar-refractivity contribution in [1.29, 1.82) is 0 Å². The summed E-state index contributed by atoms with van der Waals surface area (Å²) in [6.07, 6.45) is 5.94. The summed E-state index contributed by atoms with van der Waals surface area (Å²) in [7, 11) is 1.34. The average molecular weight is 619 g/mol. The lowest BCUT2D eigenvalue weighted by Crippen LogP contribution is -2.59. The van der Waals surface area contributed by atoms with Crippen LogP contribution in [0.3, 0.4) is 0 Å². The average Bonchev–Trinajstić information content (AvgIpc) is 2.98. The van der Waals surface area contributed by atoms with E-state index in [1.54, 1.807) is 0 Å². The van der Waals surface area contributed by atoms with Crippen LogP contribution in [0.5, 0.6) is 11.5 Å². The largest absolute Gasteiger partial charge is 0.508 e. The highest BCUT2D eigenvalue weighted by Crippen LogP contribution is 2.64. The number of aliphatic hydroxyl groups excluding tert-OH is 2. The first-order valence-electron chi connectivity index (χ1n) is 15.7. The molecule has 1 heterocycles. The van der Waals surface area contributed by atoms with Gasteiger partial charge in [0, 0.05) is 42.7 Å². The number of allylic oxidation sites excluding steroid dienone is 4. The number of benzene rings is 1. The summed E-state index contributed by atoms with van der Waals surface area (Å²) < 4.78 is 11.6. The molecule has 1 aromatic carbocycles. The first-order chi connectivity index (χ1) is 21.2. The molecule has 45 heavy (non-hydrogen) atoms. The Bertz CT molecular complexity index is 1730. The zero-order valence-electron chi connectivity index (χ0n) is 26.3. The molecule has 1 aromatic heterocycles. The third kappa shape index (κ3) is 4.37. The minimum absolute atomic E-state index is 0.00689. The van der Waals surface area contributed by atoms with Crippen LogP contribution in [0.2, 0.25) is 0 Å². The minimum Gasteiger partial charge on any atom is -0.508 e. The van der Waals surface area contributed by atoms with E-state index < -0.39 is 45.7 Å². The Labute approximate surface area is 261 Å². The molecule has 2 saturated carbocycles. The molecular weight excluding hydrogens is 576 g/mol. The number of phenolic OH excluding ortho intramolecular Hbond substituents is 2. The molecule has 240 valence electrons. The van der Waals surface area contributed by atoms with Gasteiger partial charge in [-0.3, -0.25) is 14.4 Å². The highest BCUT2D eigenvalue weighted by molar-refractivity contribution is 6.14. The van der Waals surface area contributed by atoms with Crippen molar-refractivity contribution in [2.75, 3.05) is 13.7 Å². The van der Waals surface area contributed by atoms with Crippen LogP contribution >= 0.6 is 0 Å². The van der Waals surface area contributed by atoms with Crippen LogP contribution in [0, 0.1) is 34.5 Å². The molecule has 4 aliphatic carbocycles. The van der Waals surface area contributed by atoms with Crippen molar-refractivity contribution >= 4 is 22.5 Å². The molecule has 4 N–H and O–H groups in total. The lowest BCUT2D eigenvalue weighted by Gasteiger charge is -2.60. The van der Waals surface area contributed by atoms with E-state index in [1.165, 1.54) is 25.3 Å². The van der Waals surface area contributed by atoms with Gasteiger partial charge in [-0.15, -0.1) is 0 Å². The van der Waals surface area contributed by atoms with Gasteiger partial charge in [-0.05, 0) is 67.3 Å². The standard InChI is InChI=1S/C36H42O9/c1-18-7-8-21-33(43)28(44-5)16-30(42)36(21,31-15-26(41)32-25(40)11-20(38)12-27(32)45-31)22(18)13-23-19(2)24(39)14-29-34(3,17-37)9-6-10-35(23,29)4/h7,11-12,15-16,21-24,29,37-40H,2,6,8-10,13-14,17H2,1,3-5H3/t21-,22+,23+,24-,29-,34-,35+,36-/m0/s1. The number of aromatic hydroxyl groups is 2. The van der Waals surface area contributed by atoms with Gasteiger partial charge in [0.25, 0.3) is 0 Å². The monoisotopic (exact) mass is 618 g/mol. The van der Waals surface area contributed by atoms with Crippen LogP contribution in [0.1, 0.15) is 65.1 Å². The maximum atomic E-state index is 14.6. The molecule has 9 heteroatoms. The third-order valence-electron chi connectivity index (χ3n) is 12.0. The number of methoxy groups -OCH3 is 1. The molecule has 6 rings (SSSR count). The third-order valence-corrected chi connectivity index (χ3v) is 12.0. The summed E-state index contributed by atoms with van der Waals surface area (Å²) in [5.41, 5.74) is -1.61. The number of fused-ring (bicyclic) bond motifs is 3. The maximum absolute atomic E-state index is 14.6. The molecule has 9 nitrogen and oxygen atoms in total. The van der Waals surface area contributed by atoms with Crippen molar-refractivity contribution in [2.45, 2.75) is 70.8 Å². The Hall–Kier alpha value is -3.69. The molecule has 0 unspecified atom stereocenters. The van der Waals surface area contributed by atoms with E-state index in [9.17, 15) is 34.8 Å². The second-order valence-corrected chi connectivity index (χ2v) is 14.3. The number of ether oxygens (including phenoxy) is 1. The smallest absolute Gasteiger partial charge is 0.202 e. The molecule has 2 aromatic rings. The minimum atomic E-state index is -1.64. The van der Waals surface area contributed by atoms with Gasteiger partial charge in [-0.2, -0.15) is 0 Å². The summed E-state index contributed by atoms with van der Waals surface area (Å²) in [4.78, 5) is 42.1. The second-order valence-electron chi connectivity index (χ2n) is 14.3. The van der Waals surface area contributed by atoms with E-state index in [0.29, 0.717) is 18.4 Å². The molecule has 2 fully saturated rings. The number of aliphatic hydroxyl groups is 2. The Morgan fingerprint density at radius 1 is 1.09 bits per heavy atom. The molecule has 0 saturated heterocycles. The molecule has 0 spiro atoms. The first-order valence-corrected chi connectivity index (χ1v) is 15.7. The summed E-state index contributed by atoms with van der Waals surface area (Å²) >= 11 is 0. The first kappa shape index (κ1) is 31.3. The van der Waals surface area contributed by atoms with Crippen molar-refractivity contribution in [1.82, 2.24) is 0 Å². The number of ketones is 2. The molecule has 0 bridgehead atoms. The molecule has 0 radical (unpaired) electrons. The zero-order chi connectivity index (χ0) is 32.6. The second kappa shape index (κ2) is 10.7. The lowest BCUT2D eigenvalue weighted by atomic mass is 9.44. The number of hydrogen-bond donors (Lipinski definition) is 4. The van der Waals surface area contributed by atoms with Crippen LogP contribution in [0.25, 0.3) is 11.0 Å². The van der Waals surface area contributed by atoms with Gasteiger partial charge in [0.1, 0.15) is 33.6 Å². The summed E-state index contributed by atoms with van der Waals surface area (Å²) in [5, 5.41) is 42.4. The van der Waals surface area contributed by atoms with Gasteiger partial charge in [-0.25, -0.2) is 0 Å². The van der Waals surface area contributed by atoms with E-state index in [1.807, 2.05) is 13.0 Å². The molecular formula is C36H42O9. The Morgan fingerprint density at radius 3 is 2.51 bits per heavy atom. The molecule has 0 amide bonds. The molecule has 0 aliphatic heterocycles. The van der Waals surface area contributed by atoms with Crippen molar-refractivity contribution in [3.63, 3.8) is 0 Å². The number of carbonyl (C=O) groups is 2. The van der Waals surface area contributed by atoms with Crippen LogP contribution in [0.4, 0.5) is 0 Å². The fraction of sp³-hybridized carbons (Fsp3) is 0.528. The van der Waals surface area contributed by atoms with E-state index in [-0.39, 0.29) is 64.3 Å². The summed E-state index contributed by atoms with van der Waals surface area (Å²) in [6, 6.07) is 3.44. The van der Waals surface area contributed by atoms with Gasteiger partial charge >= 0.3 is 0 Å². The van der Waals surface area contributed by atoms with Gasteiger partial charge in [-0.1, -0.05) is 38.5 Å². The van der Waals surface area contributed by atoms with Gasteiger partial charge in [0.2, 0.25) is 5.78 Å². The maximum Gasteiger partial charge on any atom is 0.202 e. The van der Waals surface area contributed by atoms with Gasteiger partial charge in [0.05, 0.1) is 13.2 Å². The Balaban J connectivity index is 1.59. The fourth-order valence-electron chi connectivity index (χ4n) is 9.69. The highest BCUT2D eigenvalue weighted by Gasteiger charge is 2.63. The fourth-order valence-corrected chi connectivity index (χ4v) is 9.69. The number of Topliss-reactive ketones (excluding diaryl/α,β-unsaturated/α-hetero) is 1. The Kier molecular flexibility index (Phi) is 7.44. The van der Waals surface area contributed by atoms with Crippen LogP contribution < -0.4 is 5.43 Å². The Morgan fingerprint density at radius 2 is 1.82 bits per heavy atom. The quantitative estimate of drug-likeness (QED) is 0.345. The highest BCUT2D eigenvalue weighted by atomic mass is 16.5. The SMILES string of the molecule is C=C1[C@@H](C[C@@H]2C(C)=CC[C@H]3C(=O)C(OC)=CC(=O)[C@@]23c2cc(=O)c3c(O)cc(O)cc3o2)[C@@]2(C)CCC[C@@](C)(CO)[C@@H]2C[C@@H]1O. The van der Waals surface area contributed by atoms with E-state index in [4.69, 9.17) is 9.15 Å². The number of rotatable bonds is 5. The van der Waals surface area contributed by atoms with E-state index in [2.05, 4.69) is 20.4 Å². The summed E-state index contributed by atoms with van der Waals surface area (Å²) in [6.45, 7) is 10.5. The number of hydrogen-bond acceptors (Lipinski definition) is 9. The number of phenols is 2. The lowest BCUT2D eigenvalue weighted by molar-refractivity contribution is -0.140. The van der Waals surface area contributed by atoms with Gasteiger partial charge < -0.3 is 29.6 Å². The van der Waals surface area contributed by atoms with Crippen molar-refractivity contribution in [2.24, 2.45) is 34.5 Å². The van der Waals surface area contributed by atoms with Crippen LogP contribution in [0.15, 0.2) is 63.0 Å². The van der Waals surface area contributed by atoms with Crippen LogP contribution in [-0.4, -0.2) is 51.8 Å². The van der Waals surface area contributed by atoms with E-state index in [0.717, 1.165) is 30.9 Å².